The number of unbranched alkanes of at least 4 members (excludes halogenated alkanes) is 26. The third kappa shape index (κ3) is 31.8. The molecule has 13 heteroatoms. The van der Waals surface area contributed by atoms with Crippen LogP contribution in [0, 0.1) is 0 Å². The molecule has 0 aromatic heterocycles. The van der Waals surface area contributed by atoms with E-state index in [9.17, 15) is 37.9 Å². The first-order chi connectivity index (χ1) is 28.5. The number of carbonyl (C=O) groups excluding carboxylic acids is 2. The first-order valence-corrected chi connectivity index (χ1v) is 25.4. The van der Waals surface area contributed by atoms with E-state index in [0.717, 1.165) is 32.1 Å². The molecule has 0 radical (unpaired) electrons. The van der Waals surface area contributed by atoms with E-state index in [0.29, 0.717) is 12.8 Å². The first-order valence-electron chi connectivity index (χ1n) is 23.7. The summed E-state index contributed by atoms with van der Waals surface area (Å²) < 4.78 is 54.1. The number of allylic oxidation sites excluding steroid dienone is 2. The quantitative estimate of drug-likeness (QED) is 0.0198. The fourth-order valence-corrected chi connectivity index (χ4v) is 8.09. The lowest BCUT2D eigenvalue weighted by molar-refractivity contribution is -0.297. The third-order valence-electron chi connectivity index (χ3n) is 11.1. The summed E-state index contributed by atoms with van der Waals surface area (Å²) in [6.45, 7) is 3.75. The van der Waals surface area contributed by atoms with Crippen LogP contribution in [0.1, 0.15) is 213 Å². The van der Waals surface area contributed by atoms with Crippen molar-refractivity contribution < 1.29 is 56.8 Å². The Labute approximate surface area is 358 Å². The molecule has 1 aliphatic heterocycles. The number of aliphatic hydroxyl groups is 3. The molecule has 1 fully saturated rings. The van der Waals surface area contributed by atoms with E-state index in [2.05, 4.69) is 19.9 Å². The van der Waals surface area contributed by atoms with Crippen LogP contribution in [0.3, 0.4) is 0 Å². The molecule has 1 aliphatic rings. The number of esters is 2. The Balaban J connectivity index is 2.43. The van der Waals surface area contributed by atoms with Crippen molar-refractivity contribution in [3.8, 4) is 0 Å². The minimum Gasteiger partial charge on any atom is -0.462 e. The Hall–Kier alpha value is -1.61. The number of hydrogen-bond donors (Lipinski definition) is 4. The van der Waals surface area contributed by atoms with Crippen molar-refractivity contribution in [3.63, 3.8) is 0 Å². The van der Waals surface area contributed by atoms with Crippen molar-refractivity contribution in [2.24, 2.45) is 0 Å². The van der Waals surface area contributed by atoms with Crippen molar-refractivity contribution in [1.29, 1.82) is 0 Å². The fraction of sp³-hybridized carbons (Fsp3) is 0.913. The van der Waals surface area contributed by atoms with E-state index in [1.165, 1.54) is 141 Å². The van der Waals surface area contributed by atoms with E-state index < -0.39 is 71.2 Å². The molecule has 1 rings (SSSR count). The van der Waals surface area contributed by atoms with Crippen molar-refractivity contribution >= 4 is 22.1 Å². The maximum Gasteiger partial charge on any atom is 0.306 e. The highest BCUT2D eigenvalue weighted by Crippen LogP contribution is 2.24. The van der Waals surface area contributed by atoms with Crippen LogP contribution in [0.25, 0.3) is 0 Å². The lowest BCUT2D eigenvalue weighted by Gasteiger charge is -2.40. The fourth-order valence-electron chi connectivity index (χ4n) is 7.40. The molecule has 59 heavy (non-hydrogen) atoms. The van der Waals surface area contributed by atoms with Gasteiger partial charge >= 0.3 is 11.9 Å². The van der Waals surface area contributed by atoms with E-state index in [4.69, 9.17) is 18.9 Å². The number of rotatable bonds is 40. The Kier molecular flexibility index (Phi) is 34.7. The lowest BCUT2D eigenvalue weighted by atomic mass is 10.00. The molecule has 4 N–H and O–H groups in total. The second-order valence-electron chi connectivity index (χ2n) is 16.8. The highest BCUT2D eigenvalue weighted by Gasteiger charge is 2.46. The van der Waals surface area contributed by atoms with Gasteiger partial charge in [0.15, 0.2) is 12.4 Å². The molecular weight excluding hydrogens is 777 g/mol. The largest absolute Gasteiger partial charge is 0.462 e. The Morgan fingerprint density at radius 2 is 1.00 bits per heavy atom. The molecule has 6 atom stereocenters. The van der Waals surface area contributed by atoms with Gasteiger partial charge in [-0.05, 0) is 25.7 Å². The number of aliphatic hydroxyl groups excluding tert-OH is 3. The standard InChI is InChI=1S/C46H86O12S/c1-3-5-7-9-11-13-15-17-19-21-23-25-27-29-31-33-35-42(48)57-39(37-56-46-45(51)44(50)43(49)40(58-46)38-59(52,53)54)36-55-41(47)34-32-30-28-26-24-22-20-18-16-14-12-10-8-6-4-2/h28,30,39-40,43-46,49-51H,3-27,29,31-38H2,1-2H3,(H,52,53,54)/b30-28+/t39-,40-,43-,44?,45?,46+/m1/s1. The van der Waals surface area contributed by atoms with Crippen LogP contribution in [-0.2, 0) is 38.7 Å². The van der Waals surface area contributed by atoms with Gasteiger partial charge in [0.05, 0.1) is 6.61 Å². The van der Waals surface area contributed by atoms with Crippen LogP contribution < -0.4 is 0 Å². The van der Waals surface area contributed by atoms with Crippen LogP contribution in [0.4, 0.5) is 0 Å². The number of ether oxygens (including phenoxy) is 4. The normalized spacial score (nSPS) is 20.3. The number of hydrogen-bond acceptors (Lipinski definition) is 11. The van der Waals surface area contributed by atoms with E-state index in [-0.39, 0.29) is 19.4 Å². The maximum absolute atomic E-state index is 12.8. The molecule has 0 aromatic rings. The van der Waals surface area contributed by atoms with E-state index in [1.54, 1.807) is 0 Å². The highest BCUT2D eigenvalue weighted by molar-refractivity contribution is 7.85. The molecule has 0 spiro atoms. The van der Waals surface area contributed by atoms with Crippen molar-refractivity contribution in [3.05, 3.63) is 12.2 Å². The van der Waals surface area contributed by atoms with Crippen LogP contribution in [-0.4, -0.2) is 96.0 Å². The molecule has 0 bridgehead atoms. The minimum atomic E-state index is -4.60. The van der Waals surface area contributed by atoms with Gasteiger partial charge in [0.25, 0.3) is 10.1 Å². The summed E-state index contributed by atoms with van der Waals surface area (Å²) in [4.78, 5) is 25.4. The van der Waals surface area contributed by atoms with Gasteiger partial charge < -0.3 is 34.3 Å². The summed E-state index contributed by atoms with van der Waals surface area (Å²) in [6, 6.07) is 0. The smallest absolute Gasteiger partial charge is 0.306 e. The molecule has 12 nitrogen and oxygen atoms in total. The molecule has 0 amide bonds. The van der Waals surface area contributed by atoms with Crippen molar-refractivity contribution in [2.75, 3.05) is 19.0 Å². The second kappa shape index (κ2) is 37.0. The molecule has 0 saturated carbocycles. The van der Waals surface area contributed by atoms with Gasteiger partial charge in [0.1, 0.15) is 36.8 Å². The Morgan fingerprint density at radius 1 is 0.559 bits per heavy atom. The van der Waals surface area contributed by atoms with Crippen LogP contribution in [0.15, 0.2) is 12.2 Å². The average Bonchev–Trinajstić information content (AvgIpc) is 3.20. The second-order valence-corrected chi connectivity index (χ2v) is 18.3. The van der Waals surface area contributed by atoms with Gasteiger partial charge in [-0.15, -0.1) is 0 Å². The third-order valence-corrected chi connectivity index (χ3v) is 11.9. The zero-order chi connectivity index (χ0) is 43.4. The van der Waals surface area contributed by atoms with Gasteiger partial charge in [-0.25, -0.2) is 0 Å². The molecular formula is C46H86O12S. The van der Waals surface area contributed by atoms with Gasteiger partial charge in [0.2, 0.25) is 0 Å². The summed E-state index contributed by atoms with van der Waals surface area (Å²) in [7, 11) is -4.60. The van der Waals surface area contributed by atoms with Crippen LogP contribution in [0.5, 0.6) is 0 Å². The molecule has 1 saturated heterocycles. The SMILES string of the molecule is CCCCCCCCCCCCC/C=C/CCC(=O)OC[C@H](CO[C@H]1O[C@H](CS(=O)(=O)O)[C@@H](O)C(O)C1O)OC(=O)CCCCCCCCCCCCCCCCCC. The van der Waals surface area contributed by atoms with Gasteiger partial charge in [-0.1, -0.05) is 187 Å². The summed E-state index contributed by atoms with van der Waals surface area (Å²) >= 11 is 0. The first kappa shape index (κ1) is 55.4. The highest BCUT2D eigenvalue weighted by atomic mass is 32.2. The van der Waals surface area contributed by atoms with Crippen LogP contribution >= 0.6 is 0 Å². The van der Waals surface area contributed by atoms with Crippen molar-refractivity contribution in [2.45, 2.75) is 250 Å². The monoisotopic (exact) mass is 863 g/mol. The van der Waals surface area contributed by atoms with E-state index >= 15 is 0 Å². The Morgan fingerprint density at radius 3 is 1.47 bits per heavy atom. The molecule has 0 aliphatic carbocycles. The summed E-state index contributed by atoms with van der Waals surface area (Å²) in [5.41, 5.74) is 0. The topological polar surface area (TPSA) is 186 Å². The van der Waals surface area contributed by atoms with Gasteiger partial charge in [-0.2, -0.15) is 8.42 Å². The summed E-state index contributed by atoms with van der Waals surface area (Å²) in [6.07, 6.45) is 29.8. The van der Waals surface area contributed by atoms with Gasteiger partial charge in [0, 0.05) is 12.8 Å². The Bertz CT molecular complexity index is 1150. The van der Waals surface area contributed by atoms with Crippen LogP contribution in [0.2, 0.25) is 0 Å². The maximum atomic E-state index is 12.8. The van der Waals surface area contributed by atoms with E-state index in [1.807, 2.05) is 6.08 Å². The summed E-state index contributed by atoms with van der Waals surface area (Å²) in [5, 5.41) is 30.9. The van der Waals surface area contributed by atoms with Crippen molar-refractivity contribution in [1.82, 2.24) is 0 Å². The van der Waals surface area contributed by atoms with Gasteiger partial charge in [-0.3, -0.25) is 14.1 Å². The predicted molar refractivity (Wildman–Crippen MR) is 234 cm³/mol. The lowest BCUT2D eigenvalue weighted by Crippen LogP contribution is -2.60. The predicted octanol–water partition coefficient (Wildman–Crippen LogP) is 9.84. The number of carbonyl (C=O) groups is 2. The summed E-state index contributed by atoms with van der Waals surface area (Å²) in [5.74, 6) is -2.03. The molecule has 348 valence electrons. The molecule has 2 unspecified atom stereocenters. The molecule has 1 heterocycles. The zero-order valence-electron chi connectivity index (χ0n) is 37.1. The average molecular weight is 863 g/mol. The minimum absolute atomic E-state index is 0.140. The molecule has 0 aromatic carbocycles. The zero-order valence-corrected chi connectivity index (χ0v) is 37.9.